The highest BCUT2D eigenvalue weighted by atomic mass is 35.5. The molecule has 144 valence electrons. The van der Waals surface area contributed by atoms with Crippen molar-refractivity contribution in [3.05, 3.63) is 44.3 Å². The molecule has 2 fully saturated rings. The minimum atomic E-state index is -2.81. The number of hydrogen-bond donors (Lipinski definition) is 2. The second kappa shape index (κ2) is 6.63. The Labute approximate surface area is 164 Å². The van der Waals surface area contributed by atoms with Crippen molar-refractivity contribution in [1.29, 1.82) is 0 Å². The van der Waals surface area contributed by atoms with E-state index in [1.165, 1.54) is 12.1 Å². The first kappa shape index (κ1) is 19.9. The highest BCUT2D eigenvalue weighted by Crippen LogP contribution is 2.69. The van der Waals surface area contributed by atoms with Crippen LogP contribution in [0.25, 0.3) is 10.4 Å². The van der Waals surface area contributed by atoms with Gasteiger partial charge in [-0.1, -0.05) is 34.4 Å². The van der Waals surface area contributed by atoms with Gasteiger partial charge in [0, 0.05) is 33.3 Å². The van der Waals surface area contributed by atoms with Crippen LogP contribution in [0.4, 0.5) is 4.39 Å². The van der Waals surface area contributed by atoms with Crippen molar-refractivity contribution in [3.63, 3.8) is 0 Å². The summed E-state index contributed by atoms with van der Waals surface area (Å²) < 4.78 is 27.6. The van der Waals surface area contributed by atoms with Gasteiger partial charge in [-0.2, -0.15) is 0 Å². The molecule has 1 aromatic rings. The van der Waals surface area contributed by atoms with E-state index in [1.807, 2.05) is 0 Å². The summed E-state index contributed by atoms with van der Waals surface area (Å²) in [6.07, 6.45) is -0.285. The molecule has 3 rings (SSSR count). The van der Waals surface area contributed by atoms with Gasteiger partial charge >= 0.3 is 11.9 Å². The molecule has 1 aromatic carbocycles. The summed E-state index contributed by atoms with van der Waals surface area (Å²) in [6, 6.07) is 4.50. The number of carboxylic acid groups (broad SMARTS) is 2. The molecule has 27 heavy (non-hydrogen) atoms. The maximum absolute atomic E-state index is 14.7. The van der Waals surface area contributed by atoms with Crippen LogP contribution in [0.2, 0.25) is 10.0 Å². The van der Waals surface area contributed by atoms with E-state index in [1.54, 1.807) is 6.07 Å². The van der Waals surface area contributed by atoms with Gasteiger partial charge in [-0.05, 0) is 29.6 Å². The molecule has 12 heteroatoms. The van der Waals surface area contributed by atoms with Gasteiger partial charge in [-0.3, -0.25) is 9.00 Å². The van der Waals surface area contributed by atoms with Crippen LogP contribution >= 0.6 is 23.2 Å². The van der Waals surface area contributed by atoms with Gasteiger partial charge in [0.15, 0.2) is 5.54 Å². The van der Waals surface area contributed by atoms with Gasteiger partial charge < -0.3 is 10.2 Å². The molecule has 2 N–H and O–H groups in total. The fourth-order valence-electron chi connectivity index (χ4n) is 3.98. The van der Waals surface area contributed by atoms with Gasteiger partial charge in [-0.15, -0.1) is 0 Å². The van der Waals surface area contributed by atoms with Crippen LogP contribution < -0.4 is 0 Å². The number of nitrogens with zero attached hydrogens (tertiary/aromatic N) is 3. The molecule has 0 bridgehead atoms. The van der Waals surface area contributed by atoms with Crippen molar-refractivity contribution < 1.29 is 28.4 Å². The number of alkyl halides is 1. The third-order valence-electron chi connectivity index (χ3n) is 5.21. The topological polar surface area (TPSA) is 140 Å². The summed E-state index contributed by atoms with van der Waals surface area (Å²) in [5.74, 6) is -6.40. The van der Waals surface area contributed by atoms with Gasteiger partial charge in [-0.25, -0.2) is 9.18 Å². The zero-order valence-corrected chi connectivity index (χ0v) is 15.7. The lowest BCUT2D eigenvalue weighted by Crippen LogP contribution is -2.52. The second-order valence-electron chi connectivity index (χ2n) is 6.48. The molecule has 8 nitrogen and oxygen atoms in total. The smallest absolute Gasteiger partial charge is 0.342 e. The fraction of sp³-hybridized carbons (Fsp3) is 0.467. The predicted molar refractivity (Wildman–Crippen MR) is 94.7 cm³/mol. The second-order valence-corrected chi connectivity index (χ2v) is 8.91. The van der Waals surface area contributed by atoms with Gasteiger partial charge in [0.05, 0.1) is 15.3 Å². The molecule has 0 spiro atoms. The Kier molecular flexibility index (Phi) is 4.88. The van der Waals surface area contributed by atoms with Crippen LogP contribution in [0.5, 0.6) is 0 Å². The summed E-state index contributed by atoms with van der Waals surface area (Å²) in [7, 11) is -1.90. The Morgan fingerprint density at radius 2 is 2.00 bits per heavy atom. The van der Waals surface area contributed by atoms with E-state index < -0.39 is 51.0 Å². The first-order valence-corrected chi connectivity index (χ1v) is 9.77. The number of azide groups is 1. The first-order valence-electron chi connectivity index (χ1n) is 7.63. The summed E-state index contributed by atoms with van der Waals surface area (Å²) in [6.45, 7) is 0. The van der Waals surface area contributed by atoms with Crippen molar-refractivity contribution in [2.75, 3.05) is 0 Å². The molecule has 0 heterocycles. The molecule has 0 aromatic heterocycles. The Balaban J connectivity index is 1.96. The number of carboxylic acids is 2. The number of halogens is 3. The standard InChI is InChI=1S/C15H12Cl2FN3O5S/c16-8-2-1-6(3-9(8)17)5-27(26)10-4-7-11(14(7,18)12(22)23)15(10,13(24)25)20-21-19/h1-3,7,10-11H,4-5H2,(H,22,23)(H,24,25)/t7-,10-,11+,14-,15+,27?/m1/s1. The van der Waals surface area contributed by atoms with Crippen LogP contribution in [0.1, 0.15) is 12.0 Å². The Morgan fingerprint density at radius 3 is 2.52 bits per heavy atom. The summed E-state index contributed by atoms with van der Waals surface area (Å²) in [5, 5.41) is 21.3. The van der Waals surface area contributed by atoms with E-state index in [0.29, 0.717) is 5.56 Å². The molecule has 2 aliphatic rings. The van der Waals surface area contributed by atoms with Crippen molar-refractivity contribution in [1.82, 2.24) is 0 Å². The fourth-order valence-corrected chi connectivity index (χ4v) is 6.13. The molecule has 2 aliphatic carbocycles. The molecular formula is C15H12Cl2FN3O5S. The van der Waals surface area contributed by atoms with Crippen LogP contribution in [-0.2, 0) is 26.1 Å². The third kappa shape index (κ3) is 2.79. The summed E-state index contributed by atoms with van der Waals surface area (Å²) in [5.41, 5.74) is 4.08. The lowest BCUT2D eigenvalue weighted by atomic mass is 9.90. The molecule has 1 unspecified atom stereocenters. The molecule has 0 aliphatic heterocycles. The van der Waals surface area contributed by atoms with E-state index in [-0.39, 0.29) is 22.2 Å². The van der Waals surface area contributed by atoms with E-state index in [0.717, 1.165) is 0 Å². The van der Waals surface area contributed by atoms with Crippen LogP contribution in [0.3, 0.4) is 0 Å². The van der Waals surface area contributed by atoms with Crippen LogP contribution in [0, 0.1) is 11.8 Å². The Hall–Kier alpha value is -1.87. The highest BCUT2D eigenvalue weighted by molar-refractivity contribution is 7.85. The van der Waals surface area contributed by atoms with Crippen molar-refractivity contribution >= 4 is 45.9 Å². The van der Waals surface area contributed by atoms with Crippen molar-refractivity contribution in [3.8, 4) is 0 Å². The largest absolute Gasteiger partial charge is 0.481 e. The average molecular weight is 436 g/mol. The SMILES string of the molecule is [N-]=[N+]=N[C@@]1(C(=O)O)[C@H](S(=O)Cc2ccc(Cl)c(Cl)c2)C[C@@H]2[C@H]1[C@@]2(F)C(=O)O. The van der Waals surface area contributed by atoms with E-state index in [2.05, 4.69) is 10.0 Å². The monoisotopic (exact) mass is 435 g/mol. The van der Waals surface area contributed by atoms with Gasteiger partial charge in [0.1, 0.15) is 0 Å². The summed E-state index contributed by atoms with van der Waals surface area (Å²) >= 11 is 11.7. The predicted octanol–water partition coefficient (Wildman–Crippen LogP) is 3.19. The van der Waals surface area contributed by atoms with Crippen molar-refractivity contribution in [2.24, 2.45) is 17.0 Å². The summed E-state index contributed by atoms with van der Waals surface area (Å²) in [4.78, 5) is 25.7. The number of rotatable bonds is 6. The van der Waals surface area contributed by atoms with E-state index >= 15 is 0 Å². The Morgan fingerprint density at radius 1 is 1.33 bits per heavy atom. The quantitative estimate of drug-likeness (QED) is 0.400. The minimum Gasteiger partial charge on any atom is -0.481 e. The van der Waals surface area contributed by atoms with Gasteiger partial charge in [0.25, 0.3) is 0 Å². The molecule has 0 saturated heterocycles. The minimum absolute atomic E-state index is 0.136. The lowest BCUT2D eigenvalue weighted by Gasteiger charge is -2.30. The van der Waals surface area contributed by atoms with Crippen LogP contribution in [0.15, 0.2) is 23.3 Å². The highest BCUT2D eigenvalue weighted by Gasteiger charge is 2.86. The number of fused-ring (bicyclic) bond motifs is 1. The zero-order valence-electron chi connectivity index (χ0n) is 13.4. The molecular weight excluding hydrogens is 424 g/mol. The average Bonchev–Trinajstić information content (AvgIpc) is 3.03. The molecule has 6 atom stereocenters. The first-order chi connectivity index (χ1) is 12.6. The number of hydrogen-bond acceptors (Lipinski definition) is 4. The molecule has 0 amide bonds. The normalized spacial score (nSPS) is 35.0. The Bertz CT molecular complexity index is 923. The third-order valence-corrected chi connectivity index (χ3v) is 7.75. The maximum Gasteiger partial charge on any atom is 0.342 e. The molecule has 0 radical (unpaired) electrons. The van der Waals surface area contributed by atoms with Gasteiger partial charge in [0.2, 0.25) is 5.67 Å². The van der Waals surface area contributed by atoms with Crippen LogP contribution in [-0.4, -0.2) is 42.8 Å². The van der Waals surface area contributed by atoms with E-state index in [4.69, 9.17) is 33.8 Å². The van der Waals surface area contributed by atoms with E-state index in [9.17, 15) is 23.3 Å². The number of benzene rings is 1. The molecule has 2 saturated carbocycles. The number of aliphatic carboxylic acids is 2. The zero-order chi connectivity index (χ0) is 20.1. The van der Waals surface area contributed by atoms with Crippen molar-refractivity contribution in [2.45, 2.75) is 28.6 Å². The lowest BCUT2D eigenvalue weighted by molar-refractivity contribution is -0.149. The number of carbonyl (C=O) groups is 2. The maximum atomic E-state index is 14.7.